The minimum Gasteiger partial charge on any atom is -0.370 e. The van der Waals surface area contributed by atoms with Crippen molar-refractivity contribution in [3.05, 3.63) is 60.2 Å². The van der Waals surface area contributed by atoms with Gasteiger partial charge < -0.3 is 4.90 Å². The Balaban J connectivity index is 1.44. The fourth-order valence-corrected chi connectivity index (χ4v) is 3.52. The Morgan fingerprint density at radius 1 is 1.04 bits per heavy atom. The summed E-state index contributed by atoms with van der Waals surface area (Å²) in [6.07, 6.45) is 8.94. The van der Waals surface area contributed by atoms with E-state index in [1.807, 2.05) is 23.1 Å². The first-order valence-corrected chi connectivity index (χ1v) is 8.60. The molecule has 0 radical (unpaired) electrons. The van der Waals surface area contributed by atoms with Crippen LogP contribution in [0.15, 0.2) is 49.1 Å². The van der Waals surface area contributed by atoms with E-state index in [1.165, 1.54) is 23.2 Å². The highest BCUT2D eigenvalue weighted by Gasteiger charge is 2.16. The summed E-state index contributed by atoms with van der Waals surface area (Å²) in [5.41, 5.74) is 5.11. The number of hydrogen-bond donors (Lipinski definition) is 0. The number of anilines is 1. The van der Waals surface area contributed by atoms with Gasteiger partial charge in [0.05, 0.1) is 5.52 Å². The lowest BCUT2D eigenvalue weighted by molar-refractivity contribution is 0.285. The Hall–Kier alpha value is -2.40. The molecule has 4 heterocycles. The molecule has 1 aliphatic heterocycles. The summed E-state index contributed by atoms with van der Waals surface area (Å²) in [5, 5.41) is 4.26. The van der Waals surface area contributed by atoms with Gasteiger partial charge in [-0.2, -0.15) is 5.10 Å². The van der Waals surface area contributed by atoms with Crippen molar-refractivity contribution < 1.29 is 0 Å². The topological polar surface area (TPSA) is 36.7 Å². The van der Waals surface area contributed by atoms with Crippen LogP contribution in [0.3, 0.4) is 0 Å². The summed E-state index contributed by atoms with van der Waals surface area (Å²) < 4.78 is 1.92. The molecule has 4 rings (SSSR count). The molecule has 3 aromatic rings. The molecule has 0 spiro atoms. The lowest BCUT2D eigenvalue weighted by Gasteiger charge is -2.25. The van der Waals surface area contributed by atoms with Crippen LogP contribution in [-0.4, -0.2) is 45.7 Å². The first kappa shape index (κ1) is 15.1. The summed E-state index contributed by atoms with van der Waals surface area (Å²) in [6, 6.07) is 8.61. The van der Waals surface area contributed by atoms with E-state index in [9.17, 15) is 0 Å². The molecule has 1 saturated heterocycles. The first-order chi connectivity index (χ1) is 11.8. The number of hydrogen-bond acceptors (Lipinski definition) is 4. The Labute approximate surface area is 142 Å². The quantitative estimate of drug-likeness (QED) is 0.743. The third-order valence-electron chi connectivity index (χ3n) is 4.79. The number of nitrogens with zero attached hydrogens (tertiary/aromatic N) is 5. The van der Waals surface area contributed by atoms with Gasteiger partial charge in [0.25, 0.3) is 0 Å². The van der Waals surface area contributed by atoms with Crippen LogP contribution in [0.4, 0.5) is 5.69 Å². The van der Waals surface area contributed by atoms with E-state index in [0.717, 1.165) is 38.2 Å². The minimum absolute atomic E-state index is 1.00. The summed E-state index contributed by atoms with van der Waals surface area (Å²) in [5.74, 6) is 0. The SMILES string of the molecule is Cc1cnccc1N1CCCN(Cc2ccn3nccc3c2)CC1. The molecule has 0 N–H and O–H groups in total. The van der Waals surface area contributed by atoms with Crippen LogP contribution in [0.25, 0.3) is 5.52 Å². The van der Waals surface area contributed by atoms with Gasteiger partial charge in [0.15, 0.2) is 0 Å². The second-order valence-corrected chi connectivity index (χ2v) is 6.51. The highest BCUT2D eigenvalue weighted by atomic mass is 15.2. The Morgan fingerprint density at radius 3 is 2.92 bits per heavy atom. The smallest absolute Gasteiger partial charge is 0.0664 e. The fourth-order valence-electron chi connectivity index (χ4n) is 3.52. The highest BCUT2D eigenvalue weighted by Crippen LogP contribution is 2.20. The molecule has 124 valence electrons. The van der Waals surface area contributed by atoms with Crippen LogP contribution >= 0.6 is 0 Å². The van der Waals surface area contributed by atoms with Gasteiger partial charge in [-0.05, 0) is 48.7 Å². The van der Waals surface area contributed by atoms with Crippen LogP contribution in [0.2, 0.25) is 0 Å². The highest BCUT2D eigenvalue weighted by molar-refractivity contribution is 5.51. The van der Waals surface area contributed by atoms with Crippen molar-refractivity contribution >= 4 is 11.2 Å². The third-order valence-corrected chi connectivity index (χ3v) is 4.79. The summed E-state index contributed by atoms with van der Waals surface area (Å²) in [6.45, 7) is 7.57. The molecule has 5 nitrogen and oxygen atoms in total. The van der Waals surface area contributed by atoms with E-state index in [2.05, 4.69) is 57.3 Å². The van der Waals surface area contributed by atoms with Crippen molar-refractivity contribution in [3.8, 4) is 0 Å². The Morgan fingerprint density at radius 2 is 2.00 bits per heavy atom. The number of fused-ring (bicyclic) bond motifs is 1. The Kier molecular flexibility index (Phi) is 4.17. The van der Waals surface area contributed by atoms with Crippen molar-refractivity contribution in [2.45, 2.75) is 19.9 Å². The van der Waals surface area contributed by atoms with E-state index < -0.39 is 0 Å². The molecule has 0 aliphatic carbocycles. The maximum Gasteiger partial charge on any atom is 0.0664 e. The maximum atomic E-state index is 4.26. The first-order valence-electron chi connectivity index (χ1n) is 8.60. The van der Waals surface area contributed by atoms with Crippen molar-refractivity contribution in [1.82, 2.24) is 19.5 Å². The van der Waals surface area contributed by atoms with Gasteiger partial charge in [0, 0.05) is 63.2 Å². The zero-order valence-corrected chi connectivity index (χ0v) is 14.1. The second kappa shape index (κ2) is 6.61. The number of rotatable bonds is 3. The largest absolute Gasteiger partial charge is 0.370 e. The summed E-state index contributed by atoms with van der Waals surface area (Å²) >= 11 is 0. The lowest BCUT2D eigenvalue weighted by Crippen LogP contribution is -2.30. The zero-order chi connectivity index (χ0) is 16.4. The van der Waals surface area contributed by atoms with Crippen LogP contribution in [0.5, 0.6) is 0 Å². The van der Waals surface area contributed by atoms with Crippen molar-refractivity contribution in [2.24, 2.45) is 0 Å². The van der Waals surface area contributed by atoms with Crippen LogP contribution in [-0.2, 0) is 6.54 Å². The molecule has 24 heavy (non-hydrogen) atoms. The van der Waals surface area contributed by atoms with Gasteiger partial charge in [-0.25, -0.2) is 4.52 Å². The zero-order valence-electron chi connectivity index (χ0n) is 14.1. The molecular weight excluding hydrogens is 298 g/mol. The molecule has 0 aromatic carbocycles. The average Bonchev–Trinajstić information content (AvgIpc) is 2.94. The fraction of sp³-hybridized carbons (Fsp3) is 0.368. The van der Waals surface area contributed by atoms with Crippen molar-refractivity contribution in [1.29, 1.82) is 0 Å². The van der Waals surface area contributed by atoms with E-state index >= 15 is 0 Å². The number of aromatic nitrogens is 3. The molecule has 0 unspecified atom stereocenters. The molecule has 0 saturated carbocycles. The van der Waals surface area contributed by atoms with E-state index in [4.69, 9.17) is 0 Å². The predicted octanol–water partition coefficient (Wildman–Crippen LogP) is 2.75. The second-order valence-electron chi connectivity index (χ2n) is 6.51. The lowest BCUT2D eigenvalue weighted by atomic mass is 10.2. The summed E-state index contributed by atoms with van der Waals surface area (Å²) in [7, 11) is 0. The van der Waals surface area contributed by atoms with Gasteiger partial charge in [-0.1, -0.05) is 0 Å². The van der Waals surface area contributed by atoms with Crippen molar-refractivity contribution in [3.63, 3.8) is 0 Å². The van der Waals surface area contributed by atoms with E-state index in [-0.39, 0.29) is 0 Å². The van der Waals surface area contributed by atoms with E-state index in [1.54, 1.807) is 0 Å². The normalized spacial score (nSPS) is 16.5. The van der Waals surface area contributed by atoms with Gasteiger partial charge in [0.1, 0.15) is 0 Å². The predicted molar refractivity (Wildman–Crippen MR) is 96.3 cm³/mol. The molecule has 1 fully saturated rings. The molecule has 1 aliphatic rings. The molecule has 0 atom stereocenters. The minimum atomic E-state index is 1.00. The van der Waals surface area contributed by atoms with Crippen molar-refractivity contribution in [2.75, 3.05) is 31.1 Å². The molecule has 5 heteroatoms. The number of pyridine rings is 2. The number of aryl methyl sites for hydroxylation is 1. The van der Waals surface area contributed by atoms with Crippen LogP contribution in [0, 0.1) is 6.92 Å². The van der Waals surface area contributed by atoms with Gasteiger partial charge >= 0.3 is 0 Å². The van der Waals surface area contributed by atoms with Gasteiger partial charge in [0.2, 0.25) is 0 Å². The molecule has 0 amide bonds. The maximum absolute atomic E-state index is 4.26. The van der Waals surface area contributed by atoms with E-state index in [0.29, 0.717) is 0 Å². The van der Waals surface area contributed by atoms with Gasteiger partial charge in [-0.3, -0.25) is 9.88 Å². The molecule has 0 bridgehead atoms. The molecule has 3 aromatic heterocycles. The molecular formula is C19H23N5. The summed E-state index contributed by atoms with van der Waals surface area (Å²) in [4.78, 5) is 9.26. The standard InChI is InChI=1S/C19H23N5/c1-16-14-20-6-4-19(16)23-9-2-8-22(11-12-23)15-17-5-10-24-18(13-17)3-7-21-24/h3-7,10,13-14H,2,8-9,11-12,15H2,1H3. The van der Waals surface area contributed by atoms with Crippen LogP contribution in [0.1, 0.15) is 17.5 Å². The monoisotopic (exact) mass is 321 g/mol. The Bertz CT molecular complexity index is 825. The van der Waals surface area contributed by atoms with Gasteiger partial charge in [-0.15, -0.1) is 0 Å². The van der Waals surface area contributed by atoms with Crippen LogP contribution < -0.4 is 4.90 Å². The third kappa shape index (κ3) is 3.12. The average molecular weight is 321 g/mol.